The minimum Gasteiger partial charge on any atom is -0.348 e. The van der Waals surface area contributed by atoms with Gasteiger partial charge >= 0.3 is 0 Å². The van der Waals surface area contributed by atoms with Crippen molar-refractivity contribution in [3.8, 4) is 5.82 Å². The highest BCUT2D eigenvalue weighted by Gasteiger charge is 2.28. The van der Waals surface area contributed by atoms with E-state index >= 15 is 0 Å². The highest BCUT2D eigenvalue weighted by atomic mass is 35.5. The molecule has 2 aromatic heterocycles. The molecule has 152 valence electrons. The number of amides is 1. The lowest BCUT2D eigenvalue weighted by atomic mass is 10.1. The van der Waals surface area contributed by atoms with Crippen LogP contribution in [0.5, 0.6) is 0 Å². The fraction of sp³-hybridized carbons (Fsp3) is 0.500. The van der Waals surface area contributed by atoms with E-state index in [0.29, 0.717) is 31.7 Å². The first-order chi connectivity index (χ1) is 13.2. The lowest BCUT2D eigenvalue weighted by Gasteiger charge is -2.31. The first kappa shape index (κ1) is 20.8. The monoisotopic (exact) mass is 425 g/mol. The maximum atomic E-state index is 12.7. The minimum absolute atomic E-state index is 0.0860. The number of sulfonamides is 1. The summed E-state index contributed by atoms with van der Waals surface area (Å²) >= 11 is 6.20. The van der Waals surface area contributed by atoms with E-state index in [1.807, 2.05) is 19.9 Å². The van der Waals surface area contributed by atoms with Crippen LogP contribution in [-0.2, 0) is 10.0 Å². The summed E-state index contributed by atoms with van der Waals surface area (Å²) in [5.74, 6) is 0.233. The molecule has 1 saturated heterocycles. The van der Waals surface area contributed by atoms with Gasteiger partial charge in [-0.15, -0.1) is 0 Å². The van der Waals surface area contributed by atoms with Gasteiger partial charge in [-0.3, -0.25) is 4.79 Å². The molecular formula is C18H24ClN5O3S. The van der Waals surface area contributed by atoms with Crippen molar-refractivity contribution in [2.75, 3.05) is 18.8 Å². The number of carbonyl (C=O) groups excluding carboxylic acids is 1. The quantitative estimate of drug-likeness (QED) is 0.790. The Bertz CT molecular complexity index is 981. The van der Waals surface area contributed by atoms with Crippen molar-refractivity contribution < 1.29 is 13.2 Å². The van der Waals surface area contributed by atoms with Gasteiger partial charge in [-0.2, -0.15) is 5.10 Å². The van der Waals surface area contributed by atoms with Crippen molar-refractivity contribution in [3.05, 3.63) is 40.3 Å². The molecule has 0 saturated carbocycles. The molecule has 0 spiro atoms. The molecule has 28 heavy (non-hydrogen) atoms. The van der Waals surface area contributed by atoms with Gasteiger partial charge < -0.3 is 5.32 Å². The van der Waals surface area contributed by atoms with E-state index in [0.717, 1.165) is 11.4 Å². The molecular weight excluding hydrogens is 402 g/mol. The molecule has 1 N–H and O–H groups in total. The van der Waals surface area contributed by atoms with Crippen molar-refractivity contribution >= 4 is 27.5 Å². The minimum atomic E-state index is -3.19. The number of nitrogens with one attached hydrogen (secondary N) is 1. The van der Waals surface area contributed by atoms with Crippen molar-refractivity contribution in [1.82, 2.24) is 24.4 Å². The van der Waals surface area contributed by atoms with E-state index < -0.39 is 10.0 Å². The number of piperidine rings is 1. The zero-order chi connectivity index (χ0) is 20.5. The van der Waals surface area contributed by atoms with Crippen molar-refractivity contribution in [2.45, 2.75) is 39.7 Å². The lowest BCUT2D eigenvalue weighted by molar-refractivity contribution is 0.0919. The summed E-state index contributed by atoms with van der Waals surface area (Å²) in [7, 11) is -3.19. The van der Waals surface area contributed by atoms with Gasteiger partial charge in [0.1, 0.15) is 5.69 Å². The fourth-order valence-electron chi connectivity index (χ4n) is 3.28. The van der Waals surface area contributed by atoms with Gasteiger partial charge in [-0.05, 0) is 51.8 Å². The molecule has 0 atom stereocenters. The largest absolute Gasteiger partial charge is 0.348 e. The number of halogens is 1. The summed E-state index contributed by atoms with van der Waals surface area (Å²) in [5.41, 5.74) is 1.90. The molecule has 10 heteroatoms. The Morgan fingerprint density at radius 2 is 1.96 bits per heavy atom. The predicted octanol–water partition coefficient (Wildman–Crippen LogP) is 2.08. The number of hydrogen-bond donors (Lipinski definition) is 1. The molecule has 0 bridgehead atoms. The number of aryl methyl sites for hydroxylation is 2. The van der Waals surface area contributed by atoms with Crippen molar-refractivity contribution in [1.29, 1.82) is 0 Å². The summed E-state index contributed by atoms with van der Waals surface area (Å²) in [6.07, 6.45) is 1.11. The summed E-state index contributed by atoms with van der Waals surface area (Å²) < 4.78 is 27.0. The van der Waals surface area contributed by atoms with Crippen LogP contribution >= 0.6 is 11.6 Å². The van der Waals surface area contributed by atoms with Gasteiger partial charge in [-0.1, -0.05) is 11.6 Å². The Kier molecular flexibility index (Phi) is 6.07. The molecule has 0 aromatic carbocycles. The SMILES string of the molecule is CCS(=O)(=O)N1CCC(NC(=O)c2nc(-n3nc(C)cc3C)ccc2Cl)CC1. The molecule has 0 unspecified atom stereocenters. The first-order valence-electron chi connectivity index (χ1n) is 9.20. The van der Waals surface area contributed by atoms with Crippen LogP contribution < -0.4 is 5.32 Å². The second kappa shape index (κ2) is 8.18. The van der Waals surface area contributed by atoms with Gasteiger partial charge in [0.2, 0.25) is 10.0 Å². The Balaban J connectivity index is 1.72. The van der Waals surface area contributed by atoms with Crippen LogP contribution in [-0.4, -0.2) is 58.3 Å². The molecule has 2 aromatic rings. The van der Waals surface area contributed by atoms with Crippen LogP contribution in [0.1, 0.15) is 41.6 Å². The summed E-state index contributed by atoms with van der Waals surface area (Å²) in [4.78, 5) is 17.1. The van der Waals surface area contributed by atoms with Crippen LogP contribution in [0, 0.1) is 13.8 Å². The molecule has 1 aliphatic rings. The van der Waals surface area contributed by atoms with Crippen LogP contribution in [0.4, 0.5) is 0 Å². The van der Waals surface area contributed by atoms with E-state index in [1.54, 1.807) is 23.7 Å². The number of hydrogen-bond acceptors (Lipinski definition) is 5. The van der Waals surface area contributed by atoms with Gasteiger partial charge in [0.15, 0.2) is 5.82 Å². The molecule has 1 fully saturated rings. The molecule has 3 rings (SSSR count). The number of nitrogens with zero attached hydrogens (tertiary/aromatic N) is 4. The van der Waals surface area contributed by atoms with Crippen LogP contribution in [0.15, 0.2) is 18.2 Å². The maximum Gasteiger partial charge on any atom is 0.271 e. The fourth-order valence-corrected chi connectivity index (χ4v) is 4.61. The predicted molar refractivity (Wildman–Crippen MR) is 107 cm³/mol. The highest BCUT2D eigenvalue weighted by molar-refractivity contribution is 7.89. The Morgan fingerprint density at radius 3 is 2.54 bits per heavy atom. The van der Waals surface area contributed by atoms with E-state index in [9.17, 15) is 13.2 Å². The molecule has 0 radical (unpaired) electrons. The van der Waals surface area contributed by atoms with Crippen LogP contribution in [0.2, 0.25) is 5.02 Å². The Labute approximate surface area is 169 Å². The smallest absolute Gasteiger partial charge is 0.271 e. The highest BCUT2D eigenvalue weighted by Crippen LogP contribution is 2.19. The number of rotatable bonds is 5. The van der Waals surface area contributed by atoms with Gasteiger partial charge in [-0.25, -0.2) is 22.4 Å². The summed E-state index contributed by atoms with van der Waals surface area (Å²) in [6, 6.07) is 5.15. The third kappa shape index (κ3) is 4.37. The van der Waals surface area contributed by atoms with Crippen molar-refractivity contribution in [3.63, 3.8) is 0 Å². The molecule has 1 aliphatic heterocycles. The third-order valence-corrected chi connectivity index (χ3v) is 7.01. The maximum absolute atomic E-state index is 12.7. The average Bonchev–Trinajstić information content (AvgIpc) is 3.00. The van der Waals surface area contributed by atoms with Gasteiger partial charge in [0, 0.05) is 24.8 Å². The number of pyridine rings is 1. The average molecular weight is 426 g/mol. The number of carbonyl (C=O) groups is 1. The molecule has 1 amide bonds. The van der Waals surface area contributed by atoms with Gasteiger partial charge in [0.05, 0.1) is 16.5 Å². The summed E-state index contributed by atoms with van der Waals surface area (Å²) in [5, 5.41) is 7.57. The van der Waals surface area contributed by atoms with Crippen LogP contribution in [0.3, 0.4) is 0 Å². The Morgan fingerprint density at radius 1 is 1.29 bits per heavy atom. The van der Waals surface area contributed by atoms with E-state index in [-0.39, 0.29) is 28.4 Å². The first-order valence-corrected chi connectivity index (χ1v) is 11.2. The molecule has 3 heterocycles. The Hall–Kier alpha value is -1.97. The topological polar surface area (TPSA) is 97.2 Å². The van der Waals surface area contributed by atoms with Gasteiger partial charge in [0.25, 0.3) is 5.91 Å². The third-order valence-electron chi connectivity index (χ3n) is 4.82. The molecule has 0 aliphatic carbocycles. The zero-order valence-electron chi connectivity index (χ0n) is 16.1. The van der Waals surface area contributed by atoms with Crippen molar-refractivity contribution in [2.24, 2.45) is 0 Å². The zero-order valence-corrected chi connectivity index (χ0v) is 17.7. The van der Waals surface area contributed by atoms with E-state index in [2.05, 4.69) is 15.4 Å². The normalized spacial score (nSPS) is 16.3. The van der Waals surface area contributed by atoms with E-state index in [4.69, 9.17) is 11.6 Å². The molecule has 8 nitrogen and oxygen atoms in total. The second-order valence-corrected chi connectivity index (χ2v) is 9.55. The number of aromatic nitrogens is 3. The second-order valence-electron chi connectivity index (χ2n) is 6.89. The van der Waals surface area contributed by atoms with E-state index in [1.165, 1.54) is 4.31 Å². The standard InChI is InChI=1S/C18H24ClN5O3S/c1-4-28(26,27)23-9-7-14(8-10-23)20-18(25)17-15(19)5-6-16(21-17)24-13(3)11-12(2)22-24/h5-6,11,14H,4,7-10H2,1-3H3,(H,20,25). The van der Waals surface area contributed by atoms with Crippen LogP contribution in [0.25, 0.3) is 5.82 Å². The lowest BCUT2D eigenvalue weighted by Crippen LogP contribution is -2.47. The summed E-state index contributed by atoms with van der Waals surface area (Å²) in [6.45, 7) is 6.22.